The van der Waals surface area contributed by atoms with Gasteiger partial charge in [-0.3, -0.25) is 19.1 Å². The van der Waals surface area contributed by atoms with E-state index in [2.05, 4.69) is 29.7 Å². The average Bonchev–Trinajstić information content (AvgIpc) is 3.05. The Kier molecular flexibility index (Phi) is 8.15. The number of carbonyl (C=O) groups is 1. The van der Waals surface area contributed by atoms with Crippen molar-refractivity contribution in [2.24, 2.45) is 7.05 Å². The third-order valence-corrected chi connectivity index (χ3v) is 7.60. The van der Waals surface area contributed by atoms with Crippen molar-refractivity contribution in [1.29, 1.82) is 5.26 Å². The molecule has 0 spiro atoms. The van der Waals surface area contributed by atoms with E-state index >= 15 is 0 Å². The number of thioether (sulfide) groups is 1. The number of pyridine rings is 1. The minimum atomic E-state index is -0.304. The fourth-order valence-electron chi connectivity index (χ4n) is 4.21. The van der Waals surface area contributed by atoms with Crippen molar-refractivity contribution in [2.75, 3.05) is 44.2 Å². The average molecular weight is 474 g/mol. The van der Waals surface area contributed by atoms with Crippen LogP contribution in [0, 0.1) is 18.3 Å². The number of hydrogen-bond acceptors (Lipinski definition) is 7. The van der Waals surface area contributed by atoms with Crippen molar-refractivity contribution < 1.29 is 4.79 Å². The standard InChI is InChI=1S/C23H31N5O2S2/c1-5-7-8-9-28-22(30)19(32-23(28)31)14-17-16(3)18(15-24)21(29)25(4)20(17)27-12-10-26(6-2)11-13-27/h14H,5-13H2,1-4H3. The molecule has 0 aromatic carbocycles. The van der Waals surface area contributed by atoms with E-state index in [4.69, 9.17) is 12.2 Å². The van der Waals surface area contributed by atoms with Gasteiger partial charge in [0.2, 0.25) is 0 Å². The molecule has 172 valence electrons. The summed E-state index contributed by atoms with van der Waals surface area (Å²) in [4.78, 5) is 32.8. The lowest BCUT2D eigenvalue weighted by molar-refractivity contribution is -0.122. The van der Waals surface area contributed by atoms with Crippen molar-refractivity contribution >= 4 is 46.1 Å². The summed E-state index contributed by atoms with van der Waals surface area (Å²) in [7, 11) is 1.71. The fraction of sp³-hybridized carbons (Fsp3) is 0.565. The normalized spacial score (nSPS) is 18.7. The highest BCUT2D eigenvalue weighted by Gasteiger charge is 2.33. The number of carbonyl (C=O) groups excluding carboxylic acids is 1. The van der Waals surface area contributed by atoms with Crippen LogP contribution in [-0.2, 0) is 11.8 Å². The molecule has 9 heteroatoms. The summed E-state index contributed by atoms with van der Waals surface area (Å²) in [5.74, 6) is 0.670. The molecule has 2 fully saturated rings. The van der Waals surface area contributed by atoms with Gasteiger partial charge < -0.3 is 9.80 Å². The SMILES string of the molecule is CCCCCN1C(=O)C(=Cc2c(C)c(C#N)c(=O)n(C)c2N2CCN(CC)CC2)SC1=S. The van der Waals surface area contributed by atoms with Crippen molar-refractivity contribution in [3.8, 4) is 6.07 Å². The molecule has 3 rings (SSSR count). The van der Waals surface area contributed by atoms with Crippen LogP contribution in [0.2, 0.25) is 0 Å². The number of amides is 1. The Labute approximate surface area is 199 Å². The van der Waals surface area contributed by atoms with Gasteiger partial charge in [0.1, 0.15) is 21.8 Å². The summed E-state index contributed by atoms with van der Waals surface area (Å²) in [6.07, 6.45) is 4.87. The number of anilines is 1. The zero-order chi connectivity index (χ0) is 23.4. The summed E-state index contributed by atoms with van der Waals surface area (Å²) in [6, 6.07) is 2.06. The van der Waals surface area contributed by atoms with Crippen LogP contribution in [0.3, 0.4) is 0 Å². The number of unbranched alkanes of at least 4 members (excludes halogenated alkanes) is 2. The highest BCUT2D eigenvalue weighted by atomic mass is 32.2. The lowest BCUT2D eigenvalue weighted by Gasteiger charge is -2.37. The molecule has 0 bridgehead atoms. The molecule has 0 atom stereocenters. The first kappa shape index (κ1) is 24.5. The Morgan fingerprint density at radius 3 is 2.44 bits per heavy atom. The van der Waals surface area contributed by atoms with Gasteiger partial charge in [0, 0.05) is 45.3 Å². The summed E-state index contributed by atoms with van der Waals surface area (Å²) in [5, 5.41) is 9.63. The van der Waals surface area contributed by atoms with Crippen LogP contribution in [0.5, 0.6) is 0 Å². The van der Waals surface area contributed by atoms with Crippen molar-refractivity contribution in [1.82, 2.24) is 14.4 Å². The molecule has 0 N–H and O–H groups in total. The van der Waals surface area contributed by atoms with Crippen LogP contribution in [0.15, 0.2) is 9.70 Å². The third-order valence-electron chi connectivity index (χ3n) is 6.22. The van der Waals surface area contributed by atoms with Crippen LogP contribution in [0.4, 0.5) is 5.82 Å². The molecule has 2 saturated heterocycles. The Hall–Kier alpha value is -2.15. The van der Waals surface area contributed by atoms with Crippen molar-refractivity contribution in [2.45, 2.75) is 40.0 Å². The molecule has 0 saturated carbocycles. The van der Waals surface area contributed by atoms with Crippen LogP contribution >= 0.6 is 24.0 Å². The molecule has 1 amide bonds. The van der Waals surface area contributed by atoms with E-state index in [1.807, 2.05) is 6.08 Å². The largest absolute Gasteiger partial charge is 0.355 e. The number of nitriles is 1. The van der Waals surface area contributed by atoms with Crippen LogP contribution in [0.25, 0.3) is 6.08 Å². The molecule has 32 heavy (non-hydrogen) atoms. The molecule has 2 aliphatic heterocycles. The zero-order valence-electron chi connectivity index (χ0n) is 19.3. The summed E-state index contributed by atoms with van der Waals surface area (Å²) < 4.78 is 2.12. The Morgan fingerprint density at radius 2 is 1.84 bits per heavy atom. The highest BCUT2D eigenvalue weighted by Crippen LogP contribution is 2.36. The highest BCUT2D eigenvalue weighted by molar-refractivity contribution is 8.26. The maximum absolute atomic E-state index is 13.1. The van der Waals surface area contributed by atoms with Gasteiger partial charge in [-0.15, -0.1) is 0 Å². The van der Waals surface area contributed by atoms with Crippen molar-refractivity contribution in [3.05, 3.63) is 31.9 Å². The molecule has 0 aliphatic carbocycles. The van der Waals surface area contributed by atoms with E-state index in [9.17, 15) is 14.9 Å². The molecule has 3 heterocycles. The van der Waals surface area contributed by atoms with Gasteiger partial charge in [0.05, 0.1) is 4.91 Å². The topological polar surface area (TPSA) is 72.6 Å². The molecule has 1 aromatic heterocycles. The Balaban J connectivity index is 2.05. The lowest BCUT2D eigenvalue weighted by Crippen LogP contribution is -2.48. The van der Waals surface area contributed by atoms with Crippen LogP contribution < -0.4 is 10.5 Å². The lowest BCUT2D eigenvalue weighted by atomic mass is 10.0. The van der Waals surface area contributed by atoms with Crippen LogP contribution in [-0.4, -0.2) is 63.9 Å². The first-order chi connectivity index (χ1) is 15.3. The first-order valence-electron chi connectivity index (χ1n) is 11.2. The van der Waals surface area contributed by atoms with Gasteiger partial charge in [-0.25, -0.2) is 0 Å². The second-order valence-corrected chi connectivity index (χ2v) is 9.85. The predicted octanol–water partition coefficient (Wildman–Crippen LogP) is 3.10. The van der Waals surface area contributed by atoms with Gasteiger partial charge in [-0.05, 0) is 31.5 Å². The number of aromatic nitrogens is 1. The zero-order valence-corrected chi connectivity index (χ0v) is 20.9. The Morgan fingerprint density at radius 1 is 1.16 bits per heavy atom. The van der Waals surface area contributed by atoms with Gasteiger partial charge >= 0.3 is 0 Å². The molecule has 7 nitrogen and oxygen atoms in total. The summed E-state index contributed by atoms with van der Waals surface area (Å²) >= 11 is 6.77. The van der Waals surface area contributed by atoms with Crippen molar-refractivity contribution in [3.63, 3.8) is 0 Å². The van der Waals surface area contributed by atoms with E-state index in [-0.39, 0.29) is 17.0 Å². The number of piperazine rings is 1. The van der Waals surface area contributed by atoms with E-state index in [0.29, 0.717) is 21.3 Å². The van der Waals surface area contributed by atoms with E-state index in [1.54, 1.807) is 23.4 Å². The third kappa shape index (κ3) is 4.77. The molecular weight excluding hydrogens is 442 g/mol. The summed E-state index contributed by atoms with van der Waals surface area (Å²) in [6.45, 7) is 11.1. The minimum Gasteiger partial charge on any atom is -0.355 e. The molecule has 2 aliphatic rings. The maximum Gasteiger partial charge on any atom is 0.270 e. The number of thiocarbonyl (C=S) groups is 1. The summed E-state index contributed by atoms with van der Waals surface area (Å²) in [5.41, 5.74) is 1.18. The predicted molar refractivity (Wildman–Crippen MR) is 135 cm³/mol. The van der Waals surface area contributed by atoms with Gasteiger partial charge in [0.15, 0.2) is 0 Å². The van der Waals surface area contributed by atoms with Gasteiger partial charge in [-0.2, -0.15) is 5.26 Å². The number of likely N-dealkylation sites (N-methyl/N-ethyl adjacent to an activating group) is 1. The van der Waals surface area contributed by atoms with E-state index in [0.717, 1.165) is 63.4 Å². The first-order valence-corrected chi connectivity index (χ1v) is 12.4. The van der Waals surface area contributed by atoms with Gasteiger partial charge in [0.25, 0.3) is 11.5 Å². The quantitative estimate of drug-likeness (QED) is 0.342. The fourth-order valence-corrected chi connectivity index (χ4v) is 5.50. The maximum atomic E-state index is 13.1. The van der Waals surface area contributed by atoms with E-state index in [1.165, 1.54) is 11.8 Å². The van der Waals surface area contributed by atoms with Crippen LogP contribution in [0.1, 0.15) is 49.8 Å². The van der Waals surface area contributed by atoms with Gasteiger partial charge in [-0.1, -0.05) is 50.7 Å². The van der Waals surface area contributed by atoms with E-state index < -0.39 is 0 Å². The molecular formula is C23H31N5O2S2. The molecule has 0 unspecified atom stereocenters. The minimum absolute atomic E-state index is 0.0929. The molecule has 0 radical (unpaired) electrons. The number of hydrogen-bond donors (Lipinski definition) is 0. The molecule has 1 aromatic rings. The number of nitrogens with zero attached hydrogens (tertiary/aromatic N) is 5. The monoisotopic (exact) mass is 473 g/mol. The second kappa shape index (κ2) is 10.6. The Bertz CT molecular complexity index is 1030. The number of rotatable bonds is 7. The smallest absolute Gasteiger partial charge is 0.270 e. The second-order valence-electron chi connectivity index (χ2n) is 8.18.